The quantitative estimate of drug-likeness (QED) is 0.109. The van der Waals surface area contributed by atoms with E-state index in [2.05, 4.69) is 0 Å². The van der Waals surface area contributed by atoms with Crippen LogP contribution >= 0.6 is 0 Å². The molecule has 0 saturated heterocycles. The Balaban J connectivity index is 0.00000155. The summed E-state index contributed by atoms with van der Waals surface area (Å²) in [5, 5.41) is 105. The Morgan fingerprint density at radius 3 is 0.362 bits per heavy atom. The molecule has 28 aromatic rings. The van der Waals surface area contributed by atoms with Crippen molar-refractivity contribution in [1.82, 2.24) is 0 Å². The molecule has 0 amide bonds. The van der Waals surface area contributed by atoms with Crippen molar-refractivity contribution in [3.8, 4) is 0 Å². The molecule has 0 radical (unpaired) electrons. The van der Waals surface area contributed by atoms with E-state index in [0.29, 0.717) is 0 Å². The van der Waals surface area contributed by atoms with Gasteiger partial charge in [-0.1, -0.05) is 0 Å². The fourth-order valence-electron chi connectivity index (χ4n) is 25.3. The molecule has 0 bridgehead atoms. The first-order chi connectivity index (χ1) is 33.1. The molecule has 0 atom stereocenters. The summed E-state index contributed by atoms with van der Waals surface area (Å²) in [5.41, 5.74) is -1.13. The Morgan fingerprint density at radius 2 is 0.275 bits per heavy atom. The van der Waals surface area contributed by atoms with Crippen LogP contribution in [0.25, 0.3) is 291 Å². The maximum atomic E-state index is 15.3. The molecule has 28 aromatic carbocycles. The molecule has 4 nitrogen and oxygen atoms in total. The van der Waals surface area contributed by atoms with E-state index in [1.165, 1.54) is 291 Å². The molecule has 0 heterocycles. The van der Waals surface area contributed by atoms with Crippen LogP contribution in [0, 0.1) is 5.41 Å². The van der Waals surface area contributed by atoms with Crippen molar-refractivity contribution in [3.05, 3.63) is 22.3 Å². The van der Waals surface area contributed by atoms with Gasteiger partial charge in [0.15, 0.2) is 0 Å². The average molecular weight is 867 g/mol. The maximum Gasteiger partial charge on any atom is 1.00 e. The number of carboxylic acid groups (broad SMARTS) is 2. The second kappa shape index (κ2) is 6.11. The van der Waals surface area contributed by atoms with Gasteiger partial charge in [0, 0.05) is 0 Å². The molecule has 1 saturated carbocycles. The summed E-state index contributed by atoms with van der Waals surface area (Å²) in [6.07, 6.45) is 0. The van der Waals surface area contributed by atoms with Crippen LogP contribution in [0.3, 0.4) is 0 Å². The normalized spacial score (nSPS) is 19.9. The molecule has 5 aliphatic rings. The molecule has 33 rings (SSSR count). The Bertz CT molecular complexity index is 6650. The largest absolute Gasteiger partial charge is 1.00 e. The van der Waals surface area contributed by atoms with Gasteiger partial charge in [-0.25, -0.2) is 0 Å². The molecule has 0 aliphatic heterocycles. The van der Waals surface area contributed by atoms with E-state index in [4.69, 9.17) is 0 Å². The zero-order valence-electron chi connectivity index (χ0n) is 35.1. The van der Waals surface area contributed by atoms with E-state index in [1.807, 2.05) is 0 Å². The second-order valence-corrected chi connectivity index (χ2v) is 24.6. The predicted octanol–water partition coefficient (Wildman–Crippen LogP) is 6.80. The van der Waals surface area contributed by atoms with Crippen LogP contribution in [0.4, 0.5) is 0 Å². The third kappa shape index (κ3) is 1.39. The summed E-state index contributed by atoms with van der Waals surface area (Å²) >= 11 is 0. The molecule has 6 heteroatoms. The molecule has 1 fully saturated rings. The van der Waals surface area contributed by atoms with E-state index in [9.17, 15) is 0 Å². The van der Waals surface area contributed by atoms with Crippen LogP contribution in [-0.2, 0) is 20.4 Å². The van der Waals surface area contributed by atoms with Crippen LogP contribution in [0.2, 0.25) is 0 Å². The average Bonchev–Trinajstić information content (AvgIpc) is 4.25. The van der Waals surface area contributed by atoms with Gasteiger partial charge >= 0.3 is 59.1 Å². The molecule has 2 spiro atoms. The Hall–Kier alpha value is -6.60. The van der Waals surface area contributed by atoms with Gasteiger partial charge in [-0.15, -0.1) is 0 Å². The molecule has 278 valence electrons. The molecule has 0 unspecified atom stereocenters. The van der Waals surface area contributed by atoms with Crippen LogP contribution in [0.1, 0.15) is 22.3 Å². The first kappa shape index (κ1) is 28.2. The molecular weight excluding hydrogens is 867 g/mol. The van der Waals surface area contributed by atoms with Gasteiger partial charge < -0.3 is 19.8 Å². The minimum atomic E-state index is -2.34. The van der Waals surface area contributed by atoms with Crippen LogP contribution < -0.4 is 69.3 Å². The van der Waals surface area contributed by atoms with E-state index in [0.717, 1.165) is 22.3 Å². The van der Waals surface area contributed by atoms with Crippen molar-refractivity contribution in [2.75, 3.05) is 0 Å². The minimum Gasteiger partial charge on any atom is -0.549 e. The van der Waals surface area contributed by atoms with Crippen molar-refractivity contribution in [2.45, 2.75) is 10.8 Å². The van der Waals surface area contributed by atoms with Gasteiger partial charge in [-0.05, 0) is 313 Å². The SMILES string of the molecule is O=C([O-])C1(C(=O)[O-])C23c4c5c6c7c8c9c(c%10c%11c2c2c4c4c%12c5c5c6c6c8c8c%13c9c9c%10c%10c%11c%11c2c2c4c4c%12c%12c5c5c6c8c6c8c%13c9c9c%10c%10c%11c2c2c4c4c%12c5c6c5c8c9c%10c2c45)C713.[Na+].[Na+]. The smallest absolute Gasteiger partial charge is 0.549 e. The Kier molecular flexibility index (Phi) is 2.50. The molecular formula is C63Na2O4. The fraction of sp³-hybridized carbons (Fsp3) is 0.0476. The molecule has 5 aliphatic carbocycles. The van der Waals surface area contributed by atoms with Gasteiger partial charge in [-0.3, -0.25) is 0 Å². The van der Waals surface area contributed by atoms with Crippen molar-refractivity contribution < 1.29 is 78.9 Å². The second-order valence-electron chi connectivity index (χ2n) is 24.6. The minimum absolute atomic E-state index is 0. The van der Waals surface area contributed by atoms with E-state index in [-0.39, 0.29) is 59.1 Å². The first-order valence-electron chi connectivity index (χ1n) is 24.3. The number of aliphatic carboxylic acids is 2. The van der Waals surface area contributed by atoms with E-state index in [1.54, 1.807) is 0 Å². The number of hydrogen-bond acceptors (Lipinski definition) is 4. The summed E-state index contributed by atoms with van der Waals surface area (Å²) in [6, 6.07) is 0. The van der Waals surface area contributed by atoms with E-state index >= 15 is 19.8 Å². The van der Waals surface area contributed by atoms with Crippen LogP contribution in [-0.4, -0.2) is 11.9 Å². The van der Waals surface area contributed by atoms with Gasteiger partial charge in [0.05, 0.1) is 28.2 Å². The zero-order valence-corrected chi connectivity index (χ0v) is 39.1. The Labute approximate surface area is 416 Å². The van der Waals surface area contributed by atoms with Crippen molar-refractivity contribution in [3.63, 3.8) is 0 Å². The maximum absolute atomic E-state index is 15.3. The fourth-order valence-corrected chi connectivity index (χ4v) is 25.3. The van der Waals surface area contributed by atoms with Gasteiger partial charge in [0.25, 0.3) is 0 Å². The van der Waals surface area contributed by atoms with Crippen molar-refractivity contribution in [1.29, 1.82) is 0 Å². The summed E-state index contributed by atoms with van der Waals surface area (Å²) in [6.45, 7) is 0. The summed E-state index contributed by atoms with van der Waals surface area (Å²) in [4.78, 5) is 30.6. The monoisotopic (exact) mass is 866 g/mol. The van der Waals surface area contributed by atoms with Crippen molar-refractivity contribution >= 4 is 303 Å². The number of hydrogen-bond donors (Lipinski definition) is 0. The zero-order chi connectivity index (χ0) is 40.1. The number of benzene rings is 18. The first-order valence-corrected chi connectivity index (χ1v) is 24.3. The van der Waals surface area contributed by atoms with Crippen molar-refractivity contribution in [2.24, 2.45) is 5.41 Å². The van der Waals surface area contributed by atoms with E-state index < -0.39 is 28.2 Å². The van der Waals surface area contributed by atoms with Crippen LogP contribution in [0.15, 0.2) is 0 Å². The number of rotatable bonds is 2. The summed E-state index contributed by atoms with van der Waals surface area (Å²) < 4.78 is 0. The number of carboxylic acids is 2. The molecule has 69 heavy (non-hydrogen) atoms. The summed E-state index contributed by atoms with van der Waals surface area (Å²) in [7, 11) is 0. The number of carbonyl (C=O) groups is 2. The van der Waals surface area contributed by atoms with Gasteiger partial charge in [0.1, 0.15) is 0 Å². The summed E-state index contributed by atoms with van der Waals surface area (Å²) in [5.74, 6) is -2.94. The van der Waals surface area contributed by atoms with Gasteiger partial charge in [0.2, 0.25) is 0 Å². The Morgan fingerprint density at radius 1 is 0.188 bits per heavy atom. The predicted molar refractivity (Wildman–Crippen MR) is 266 cm³/mol. The number of carbonyl (C=O) groups excluding carboxylic acids is 2. The standard InChI is InChI=1S/C63H2O4.2Na/c64-59(65)63(60(66)67)61-55-47-39-29-19-11-3-1-2-5-9-7(3)15-23-17(9)27-21-13(5)14-6(2)10-8-4(1)12(11)20-26-16(8)24-18(10)28-22(14)32-31(21)41-35(27)45-37(23)43(33(39)25(15)19)51(55)53(45)57-49(41)50-42(32)36(28)46-38(24)44-34(26)40(30(20)29)48(47)56(61)52(44)54(46)58(50)62(57,61)63;;/h(H,64,65)(H,66,67);;/q;2*+1/p-2. The third-order valence-corrected chi connectivity index (χ3v) is 25.0. The molecule has 0 aromatic heterocycles. The molecule has 0 N–H and O–H groups in total. The van der Waals surface area contributed by atoms with Gasteiger partial charge in [-0.2, -0.15) is 0 Å². The van der Waals surface area contributed by atoms with Crippen LogP contribution in [0.5, 0.6) is 0 Å². The topological polar surface area (TPSA) is 80.3 Å². The third-order valence-electron chi connectivity index (χ3n) is 25.0.